The van der Waals surface area contributed by atoms with Crippen LogP contribution in [0.4, 0.5) is 0 Å². The first-order valence-corrected chi connectivity index (χ1v) is 8.76. The SMILES string of the molecule is CCCOc1c(Br)cc(C(=O)NCCNC(=O)C(C)C)cc1OC. The summed E-state index contributed by atoms with van der Waals surface area (Å²) in [6.07, 6.45) is 0.875. The monoisotopic (exact) mass is 400 g/mol. The van der Waals surface area contributed by atoms with Gasteiger partial charge in [0.15, 0.2) is 11.5 Å². The van der Waals surface area contributed by atoms with E-state index in [-0.39, 0.29) is 17.7 Å². The summed E-state index contributed by atoms with van der Waals surface area (Å²) in [5, 5.41) is 5.51. The maximum Gasteiger partial charge on any atom is 0.251 e. The van der Waals surface area contributed by atoms with Crippen molar-refractivity contribution >= 4 is 27.7 Å². The average molecular weight is 401 g/mol. The molecule has 1 aromatic rings. The Morgan fingerprint density at radius 2 is 1.88 bits per heavy atom. The van der Waals surface area contributed by atoms with Crippen molar-refractivity contribution in [1.82, 2.24) is 10.6 Å². The van der Waals surface area contributed by atoms with Crippen LogP contribution in [0.5, 0.6) is 11.5 Å². The molecule has 0 aliphatic heterocycles. The minimum atomic E-state index is -0.241. The molecule has 1 rings (SSSR count). The van der Waals surface area contributed by atoms with E-state index in [0.29, 0.717) is 41.2 Å². The van der Waals surface area contributed by atoms with E-state index >= 15 is 0 Å². The molecule has 0 aromatic heterocycles. The van der Waals surface area contributed by atoms with Gasteiger partial charge in [-0.1, -0.05) is 20.8 Å². The van der Waals surface area contributed by atoms with Crippen molar-refractivity contribution in [2.75, 3.05) is 26.8 Å². The molecule has 2 amide bonds. The van der Waals surface area contributed by atoms with Crippen molar-refractivity contribution in [3.05, 3.63) is 22.2 Å². The smallest absolute Gasteiger partial charge is 0.251 e. The van der Waals surface area contributed by atoms with Gasteiger partial charge in [0.25, 0.3) is 5.91 Å². The highest BCUT2D eigenvalue weighted by atomic mass is 79.9. The lowest BCUT2D eigenvalue weighted by Gasteiger charge is -2.14. The average Bonchev–Trinajstić information content (AvgIpc) is 2.56. The maximum absolute atomic E-state index is 12.2. The van der Waals surface area contributed by atoms with Crippen LogP contribution in [0.3, 0.4) is 0 Å². The molecule has 134 valence electrons. The lowest BCUT2D eigenvalue weighted by Crippen LogP contribution is -2.36. The second-order valence-electron chi connectivity index (χ2n) is 5.54. The first kappa shape index (κ1) is 20.3. The molecular weight excluding hydrogens is 376 g/mol. The molecular formula is C17H25BrN2O4. The van der Waals surface area contributed by atoms with Gasteiger partial charge < -0.3 is 20.1 Å². The fourth-order valence-electron chi connectivity index (χ4n) is 1.86. The van der Waals surface area contributed by atoms with Crippen molar-refractivity contribution in [3.63, 3.8) is 0 Å². The second-order valence-corrected chi connectivity index (χ2v) is 6.39. The predicted molar refractivity (Wildman–Crippen MR) is 96.7 cm³/mol. The highest BCUT2D eigenvalue weighted by Crippen LogP contribution is 2.36. The molecule has 7 heteroatoms. The van der Waals surface area contributed by atoms with Crippen molar-refractivity contribution in [1.29, 1.82) is 0 Å². The van der Waals surface area contributed by atoms with E-state index in [4.69, 9.17) is 9.47 Å². The van der Waals surface area contributed by atoms with Crippen LogP contribution in [0, 0.1) is 5.92 Å². The maximum atomic E-state index is 12.2. The highest BCUT2D eigenvalue weighted by Gasteiger charge is 2.15. The van der Waals surface area contributed by atoms with Crippen molar-refractivity contribution in [2.45, 2.75) is 27.2 Å². The van der Waals surface area contributed by atoms with Gasteiger partial charge in [0, 0.05) is 24.6 Å². The number of benzene rings is 1. The Hall–Kier alpha value is -1.76. The Morgan fingerprint density at radius 1 is 1.21 bits per heavy atom. The predicted octanol–water partition coefficient (Wildman–Crippen LogP) is 2.75. The number of halogens is 1. The molecule has 0 fully saturated rings. The summed E-state index contributed by atoms with van der Waals surface area (Å²) in [7, 11) is 1.53. The van der Waals surface area contributed by atoms with Gasteiger partial charge in [-0.2, -0.15) is 0 Å². The van der Waals surface area contributed by atoms with E-state index in [1.807, 2.05) is 20.8 Å². The summed E-state index contributed by atoms with van der Waals surface area (Å²) >= 11 is 3.41. The van der Waals surface area contributed by atoms with Crippen LogP contribution in [0.25, 0.3) is 0 Å². The van der Waals surface area contributed by atoms with Crippen LogP contribution < -0.4 is 20.1 Å². The first-order valence-electron chi connectivity index (χ1n) is 7.96. The summed E-state index contributed by atoms with van der Waals surface area (Å²) in [6.45, 7) is 6.96. The van der Waals surface area contributed by atoms with E-state index in [1.54, 1.807) is 12.1 Å². The number of hydrogen-bond donors (Lipinski definition) is 2. The fraction of sp³-hybridized carbons (Fsp3) is 0.529. The molecule has 24 heavy (non-hydrogen) atoms. The third-order valence-corrected chi connectivity index (χ3v) is 3.77. The normalized spacial score (nSPS) is 10.4. The van der Waals surface area contributed by atoms with Crippen LogP contribution in [0.2, 0.25) is 0 Å². The number of hydrogen-bond acceptors (Lipinski definition) is 4. The van der Waals surface area contributed by atoms with Gasteiger partial charge in [-0.3, -0.25) is 9.59 Å². The lowest BCUT2D eigenvalue weighted by atomic mass is 10.2. The Bertz CT molecular complexity index is 576. The number of ether oxygens (including phenoxy) is 2. The Labute approximate surface area is 151 Å². The molecule has 0 spiro atoms. The van der Waals surface area contributed by atoms with Gasteiger partial charge >= 0.3 is 0 Å². The summed E-state index contributed by atoms with van der Waals surface area (Å²) < 4.78 is 11.6. The Morgan fingerprint density at radius 3 is 2.46 bits per heavy atom. The third-order valence-electron chi connectivity index (χ3n) is 3.18. The van der Waals surface area contributed by atoms with Crippen molar-refractivity contribution in [3.8, 4) is 11.5 Å². The molecule has 0 saturated heterocycles. The quantitative estimate of drug-likeness (QED) is 0.624. The van der Waals surface area contributed by atoms with E-state index in [0.717, 1.165) is 6.42 Å². The van der Waals surface area contributed by atoms with E-state index in [9.17, 15) is 9.59 Å². The largest absolute Gasteiger partial charge is 0.493 e. The summed E-state index contributed by atoms with van der Waals surface area (Å²) in [5.74, 6) is 0.730. The number of amides is 2. The standard InChI is InChI=1S/C17H25BrN2O4/c1-5-8-24-15-13(18)9-12(10-14(15)23-4)17(22)20-7-6-19-16(21)11(2)3/h9-11H,5-8H2,1-4H3,(H,19,21)(H,20,22). The van der Waals surface area contributed by atoms with Gasteiger partial charge in [-0.05, 0) is 34.5 Å². The highest BCUT2D eigenvalue weighted by molar-refractivity contribution is 9.10. The lowest BCUT2D eigenvalue weighted by molar-refractivity contribution is -0.123. The third kappa shape index (κ3) is 6.03. The molecule has 0 aliphatic rings. The zero-order valence-corrected chi connectivity index (χ0v) is 16.2. The van der Waals surface area contributed by atoms with Crippen LogP contribution in [0.15, 0.2) is 16.6 Å². The van der Waals surface area contributed by atoms with Crippen LogP contribution in [-0.2, 0) is 4.79 Å². The van der Waals surface area contributed by atoms with E-state index in [1.165, 1.54) is 7.11 Å². The summed E-state index contributed by atoms with van der Waals surface area (Å²) in [4.78, 5) is 23.7. The molecule has 0 heterocycles. The molecule has 2 N–H and O–H groups in total. The minimum Gasteiger partial charge on any atom is -0.493 e. The van der Waals surface area contributed by atoms with E-state index < -0.39 is 0 Å². The van der Waals surface area contributed by atoms with Gasteiger partial charge in [0.2, 0.25) is 5.91 Å². The van der Waals surface area contributed by atoms with Crippen molar-refractivity contribution in [2.24, 2.45) is 5.92 Å². The number of carbonyl (C=O) groups excluding carboxylic acids is 2. The van der Waals surface area contributed by atoms with Gasteiger partial charge in [-0.15, -0.1) is 0 Å². The first-order chi connectivity index (χ1) is 11.4. The van der Waals surface area contributed by atoms with Crippen LogP contribution in [-0.4, -0.2) is 38.6 Å². The van der Waals surface area contributed by atoms with Crippen molar-refractivity contribution < 1.29 is 19.1 Å². The molecule has 0 saturated carbocycles. The van der Waals surface area contributed by atoms with E-state index in [2.05, 4.69) is 26.6 Å². The Balaban J connectivity index is 2.67. The fourth-order valence-corrected chi connectivity index (χ4v) is 2.42. The molecule has 0 unspecified atom stereocenters. The number of carbonyl (C=O) groups is 2. The van der Waals surface area contributed by atoms with Crippen LogP contribution >= 0.6 is 15.9 Å². The van der Waals surface area contributed by atoms with Gasteiger partial charge in [0.1, 0.15) is 0 Å². The number of nitrogens with one attached hydrogen (secondary N) is 2. The van der Waals surface area contributed by atoms with Gasteiger partial charge in [0.05, 0.1) is 18.2 Å². The Kier molecular flexibility index (Phi) is 8.60. The zero-order valence-electron chi connectivity index (χ0n) is 14.6. The summed E-state index contributed by atoms with van der Waals surface area (Å²) in [5.41, 5.74) is 0.456. The molecule has 0 bridgehead atoms. The second kappa shape index (κ2) is 10.2. The molecule has 6 nitrogen and oxygen atoms in total. The molecule has 0 aliphatic carbocycles. The number of rotatable bonds is 9. The molecule has 0 atom stereocenters. The summed E-state index contributed by atoms with van der Waals surface area (Å²) in [6, 6.07) is 3.33. The van der Waals surface area contributed by atoms with Gasteiger partial charge in [-0.25, -0.2) is 0 Å². The molecule has 0 radical (unpaired) electrons. The topological polar surface area (TPSA) is 76.7 Å². The minimum absolute atomic E-state index is 0.0360. The molecule has 1 aromatic carbocycles. The zero-order chi connectivity index (χ0) is 18.1. The number of methoxy groups -OCH3 is 1. The van der Waals surface area contributed by atoms with Crippen LogP contribution in [0.1, 0.15) is 37.6 Å².